The topological polar surface area (TPSA) is 53.3 Å². The largest absolute Gasteiger partial charge is 0.377 e. The third-order valence-corrected chi connectivity index (χ3v) is 2.88. The number of nitrogens with zero attached hydrogens (tertiary/aromatic N) is 2. The molecule has 1 rings (SSSR count). The summed E-state index contributed by atoms with van der Waals surface area (Å²) in [6.07, 6.45) is 1.70. The van der Waals surface area contributed by atoms with Crippen LogP contribution in [0.5, 0.6) is 0 Å². The van der Waals surface area contributed by atoms with Crippen molar-refractivity contribution < 1.29 is 9.53 Å². The highest BCUT2D eigenvalue weighted by molar-refractivity contribution is 5.79. The Hall–Kier alpha value is -1.08. The van der Waals surface area contributed by atoms with Gasteiger partial charge in [-0.3, -0.25) is 4.79 Å². The fourth-order valence-corrected chi connectivity index (χ4v) is 2.00. The van der Waals surface area contributed by atoms with Crippen LogP contribution >= 0.6 is 0 Å². The van der Waals surface area contributed by atoms with E-state index in [2.05, 4.69) is 0 Å². The summed E-state index contributed by atoms with van der Waals surface area (Å²) >= 11 is 0. The normalized spacial score (nSPS) is 24.9. The fourth-order valence-electron chi connectivity index (χ4n) is 2.00. The van der Waals surface area contributed by atoms with Crippen LogP contribution < -0.4 is 0 Å². The van der Waals surface area contributed by atoms with Crippen LogP contribution in [0.4, 0.5) is 0 Å². The third kappa shape index (κ3) is 2.69. The Morgan fingerprint density at radius 2 is 2.33 bits per heavy atom. The number of ether oxygens (including phenoxy) is 1. The SMILES string of the molecule is CCC1OCCC1C(=O)N(CC)CC#N. The van der Waals surface area contributed by atoms with Crippen LogP contribution in [-0.4, -0.2) is 36.6 Å². The number of amides is 1. The van der Waals surface area contributed by atoms with Crippen molar-refractivity contribution in [2.24, 2.45) is 5.92 Å². The van der Waals surface area contributed by atoms with Gasteiger partial charge in [0.15, 0.2) is 0 Å². The van der Waals surface area contributed by atoms with Gasteiger partial charge in [-0.15, -0.1) is 0 Å². The Labute approximate surface area is 90.8 Å². The van der Waals surface area contributed by atoms with Crippen LogP contribution in [0.3, 0.4) is 0 Å². The van der Waals surface area contributed by atoms with E-state index in [0.717, 1.165) is 12.8 Å². The highest BCUT2D eigenvalue weighted by atomic mass is 16.5. The van der Waals surface area contributed by atoms with Gasteiger partial charge >= 0.3 is 0 Å². The lowest BCUT2D eigenvalue weighted by atomic mass is 9.98. The molecule has 15 heavy (non-hydrogen) atoms. The Balaban J connectivity index is 2.61. The van der Waals surface area contributed by atoms with Crippen molar-refractivity contribution in [1.82, 2.24) is 4.90 Å². The first-order chi connectivity index (χ1) is 7.24. The van der Waals surface area contributed by atoms with Gasteiger partial charge in [0.2, 0.25) is 5.91 Å². The second-order valence-corrected chi connectivity index (χ2v) is 3.72. The molecule has 1 saturated heterocycles. The molecule has 0 aromatic heterocycles. The number of nitriles is 1. The lowest BCUT2D eigenvalue weighted by Crippen LogP contribution is -2.39. The van der Waals surface area contributed by atoms with E-state index in [-0.39, 0.29) is 24.5 Å². The number of hydrogen-bond acceptors (Lipinski definition) is 3. The van der Waals surface area contributed by atoms with Crippen LogP contribution in [-0.2, 0) is 9.53 Å². The maximum absolute atomic E-state index is 12.0. The standard InChI is InChI=1S/C11H18N2O2/c1-3-10-9(5-8-15-10)11(14)13(4-2)7-6-12/h9-10H,3-5,7-8H2,1-2H3. The molecule has 0 saturated carbocycles. The van der Waals surface area contributed by atoms with Gasteiger partial charge < -0.3 is 9.64 Å². The first-order valence-electron chi connectivity index (χ1n) is 5.51. The Bertz CT molecular complexity index is 260. The van der Waals surface area contributed by atoms with Gasteiger partial charge in [-0.2, -0.15) is 5.26 Å². The Morgan fingerprint density at radius 3 is 2.87 bits per heavy atom. The molecule has 0 aromatic carbocycles. The van der Waals surface area contributed by atoms with Gasteiger partial charge in [0, 0.05) is 13.2 Å². The quantitative estimate of drug-likeness (QED) is 0.654. The van der Waals surface area contributed by atoms with E-state index in [1.807, 2.05) is 19.9 Å². The van der Waals surface area contributed by atoms with Crippen molar-refractivity contribution in [2.75, 3.05) is 19.7 Å². The molecule has 2 atom stereocenters. The van der Waals surface area contributed by atoms with E-state index in [0.29, 0.717) is 13.2 Å². The number of carbonyl (C=O) groups excluding carboxylic acids is 1. The van der Waals surface area contributed by atoms with Crippen LogP contribution in [0, 0.1) is 17.2 Å². The van der Waals surface area contributed by atoms with Gasteiger partial charge in [-0.05, 0) is 19.8 Å². The minimum Gasteiger partial charge on any atom is -0.377 e. The zero-order chi connectivity index (χ0) is 11.3. The van der Waals surface area contributed by atoms with Gasteiger partial charge in [0.25, 0.3) is 0 Å². The monoisotopic (exact) mass is 210 g/mol. The molecule has 84 valence electrons. The first kappa shape index (κ1) is 12.0. The maximum Gasteiger partial charge on any atom is 0.229 e. The summed E-state index contributed by atoms with van der Waals surface area (Å²) < 4.78 is 5.48. The molecule has 0 aliphatic carbocycles. The van der Waals surface area contributed by atoms with Crippen LogP contribution in [0.2, 0.25) is 0 Å². The summed E-state index contributed by atoms with van der Waals surface area (Å²) in [5.41, 5.74) is 0. The number of rotatable bonds is 4. The van der Waals surface area contributed by atoms with Crippen molar-refractivity contribution in [1.29, 1.82) is 5.26 Å². The van der Waals surface area contributed by atoms with E-state index < -0.39 is 0 Å². The minimum absolute atomic E-state index is 0.0386. The highest BCUT2D eigenvalue weighted by Crippen LogP contribution is 2.25. The molecule has 2 unspecified atom stereocenters. The molecule has 0 N–H and O–H groups in total. The van der Waals surface area contributed by atoms with Gasteiger partial charge in [-0.25, -0.2) is 0 Å². The lowest BCUT2D eigenvalue weighted by Gasteiger charge is -2.23. The van der Waals surface area contributed by atoms with Crippen LogP contribution in [0.25, 0.3) is 0 Å². The molecule has 1 heterocycles. The van der Waals surface area contributed by atoms with Crippen LogP contribution in [0.15, 0.2) is 0 Å². The van der Waals surface area contributed by atoms with Crippen LogP contribution in [0.1, 0.15) is 26.7 Å². The minimum atomic E-state index is -0.0386. The molecule has 1 aliphatic heterocycles. The van der Waals surface area contributed by atoms with Crippen molar-refractivity contribution in [2.45, 2.75) is 32.8 Å². The van der Waals surface area contributed by atoms with Crippen molar-refractivity contribution in [3.63, 3.8) is 0 Å². The Morgan fingerprint density at radius 1 is 1.60 bits per heavy atom. The second kappa shape index (κ2) is 5.72. The fraction of sp³-hybridized carbons (Fsp3) is 0.818. The molecule has 0 aromatic rings. The summed E-state index contributed by atoms with van der Waals surface area (Å²) in [4.78, 5) is 13.6. The average molecular weight is 210 g/mol. The maximum atomic E-state index is 12.0. The summed E-state index contributed by atoms with van der Waals surface area (Å²) in [5, 5.41) is 8.61. The predicted molar refractivity (Wildman–Crippen MR) is 56.0 cm³/mol. The van der Waals surface area contributed by atoms with Gasteiger partial charge in [0.05, 0.1) is 18.1 Å². The smallest absolute Gasteiger partial charge is 0.229 e. The summed E-state index contributed by atoms with van der Waals surface area (Å²) in [7, 11) is 0. The summed E-state index contributed by atoms with van der Waals surface area (Å²) in [5.74, 6) is 0.0340. The molecule has 1 fully saturated rings. The third-order valence-electron chi connectivity index (χ3n) is 2.88. The van der Waals surface area contributed by atoms with E-state index in [4.69, 9.17) is 10.00 Å². The van der Waals surface area contributed by atoms with E-state index in [9.17, 15) is 4.79 Å². The zero-order valence-corrected chi connectivity index (χ0v) is 9.40. The van der Waals surface area contributed by atoms with E-state index in [1.165, 1.54) is 0 Å². The molecule has 0 bridgehead atoms. The molecule has 1 aliphatic rings. The van der Waals surface area contributed by atoms with Crippen molar-refractivity contribution in [3.8, 4) is 6.07 Å². The van der Waals surface area contributed by atoms with Crippen molar-refractivity contribution in [3.05, 3.63) is 0 Å². The van der Waals surface area contributed by atoms with Gasteiger partial charge in [-0.1, -0.05) is 6.92 Å². The molecule has 0 spiro atoms. The number of hydrogen-bond donors (Lipinski definition) is 0. The Kier molecular flexibility index (Phi) is 4.57. The van der Waals surface area contributed by atoms with E-state index in [1.54, 1.807) is 4.90 Å². The van der Waals surface area contributed by atoms with E-state index >= 15 is 0 Å². The molecular weight excluding hydrogens is 192 g/mol. The van der Waals surface area contributed by atoms with Gasteiger partial charge in [0.1, 0.15) is 6.54 Å². The van der Waals surface area contributed by atoms with Crippen molar-refractivity contribution >= 4 is 5.91 Å². The molecule has 1 amide bonds. The summed E-state index contributed by atoms with van der Waals surface area (Å²) in [6, 6.07) is 2.02. The second-order valence-electron chi connectivity index (χ2n) is 3.72. The molecule has 0 radical (unpaired) electrons. The molecular formula is C11H18N2O2. The highest BCUT2D eigenvalue weighted by Gasteiger charge is 2.34. The molecule has 4 nitrogen and oxygen atoms in total. The summed E-state index contributed by atoms with van der Waals surface area (Å²) in [6.45, 7) is 5.36. The number of carbonyl (C=O) groups is 1. The predicted octanol–water partition coefficient (Wildman–Crippen LogP) is 1.17. The first-order valence-corrected chi connectivity index (χ1v) is 5.51. The average Bonchev–Trinajstić information content (AvgIpc) is 2.72. The zero-order valence-electron chi connectivity index (χ0n) is 9.40. The lowest BCUT2D eigenvalue weighted by molar-refractivity contribution is -0.136. The molecule has 4 heteroatoms.